The third-order valence-corrected chi connectivity index (χ3v) is 4.82. The Morgan fingerprint density at radius 2 is 2.17 bits per heavy atom. The Bertz CT molecular complexity index is 345. The quantitative estimate of drug-likeness (QED) is 0.752. The largest absolute Gasteiger partial charge is 0.330 e. The molecule has 1 rings (SSSR count). The van der Waals surface area contributed by atoms with E-state index in [4.69, 9.17) is 5.73 Å². The van der Waals surface area contributed by atoms with Crippen molar-refractivity contribution in [2.45, 2.75) is 19.8 Å². The smallest absolute Gasteiger partial charge is 0.211 e. The van der Waals surface area contributed by atoms with Crippen molar-refractivity contribution in [1.82, 2.24) is 9.21 Å². The molecule has 0 aromatic heterocycles. The highest BCUT2D eigenvalue weighted by Gasteiger charge is 2.26. The van der Waals surface area contributed by atoms with E-state index in [1.807, 2.05) is 0 Å². The van der Waals surface area contributed by atoms with Crippen LogP contribution in [0, 0.1) is 11.8 Å². The lowest BCUT2D eigenvalue weighted by atomic mass is 9.99. The second-order valence-corrected chi connectivity index (χ2v) is 7.67. The summed E-state index contributed by atoms with van der Waals surface area (Å²) in [6.07, 6.45) is 3.39. The van der Waals surface area contributed by atoms with Crippen molar-refractivity contribution in [3.63, 3.8) is 0 Å². The Morgan fingerprint density at radius 1 is 1.50 bits per heavy atom. The second kappa shape index (κ2) is 6.84. The Labute approximate surface area is 111 Å². The molecule has 0 radical (unpaired) electrons. The molecule has 2 atom stereocenters. The number of sulfonamides is 1. The molecule has 1 heterocycles. The second-order valence-electron chi connectivity index (χ2n) is 5.69. The maximum atomic E-state index is 11.5. The number of nitrogens with two attached hydrogens (primary N) is 1. The van der Waals surface area contributed by atoms with E-state index in [0.717, 1.165) is 25.9 Å². The lowest BCUT2D eigenvalue weighted by Crippen LogP contribution is -2.43. The maximum Gasteiger partial charge on any atom is 0.211 e. The van der Waals surface area contributed by atoms with Crippen LogP contribution in [0.25, 0.3) is 0 Å². The fraction of sp³-hybridized carbons (Fsp3) is 1.00. The molecule has 0 amide bonds. The van der Waals surface area contributed by atoms with Gasteiger partial charge in [-0.1, -0.05) is 6.92 Å². The van der Waals surface area contributed by atoms with E-state index < -0.39 is 10.0 Å². The van der Waals surface area contributed by atoms with E-state index in [2.05, 4.69) is 18.9 Å². The summed E-state index contributed by atoms with van der Waals surface area (Å²) in [4.78, 5) is 2.27. The number of piperidine rings is 1. The summed E-state index contributed by atoms with van der Waals surface area (Å²) in [7, 11) is -0.939. The monoisotopic (exact) mass is 277 g/mol. The Kier molecular flexibility index (Phi) is 6.04. The van der Waals surface area contributed by atoms with Crippen LogP contribution < -0.4 is 5.73 Å². The van der Waals surface area contributed by atoms with Gasteiger partial charge in [-0.15, -0.1) is 0 Å². The van der Waals surface area contributed by atoms with Crippen LogP contribution in [0.5, 0.6) is 0 Å². The van der Waals surface area contributed by atoms with Crippen LogP contribution in [0.3, 0.4) is 0 Å². The van der Waals surface area contributed by atoms with Crippen molar-refractivity contribution >= 4 is 10.0 Å². The molecule has 2 N–H and O–H groups in total. The predicted molar refractivity (Wildman–Crippen MR) is 74.9 cm³/mol. The van der Waals surface area contributed by atoms with Gasteiger partial charge in [0.1, 0.15) is 0 Å². The van der Waals surface area contributed by atoms with Gasteiger partial charge in [-0.05, 0) is 38.3 Å². The van der Waals surface area contributed by atoms with E-state index >= 15 is 0 Å². The fourth-order valence-corrected chi connectivity index (χ4v) is 3.54. The Hall–Kier alpha value is -0.170. The molecule has 2 unspecified atom stereocenters. The third kappa shape index (κ3) is 5.22. The summed E-state index contributed by atoms with van der Waals surface area (Å²) < 4.78 is 24.7. The molecular weight excluding hydrogens is 250 g/mol. The molecule has 1 aliphatic rings. The minimum absolute atomic E-state index is 0.448. The van der Waals surface area contributed by atoms with Crippen molar-refractivity contribution in [2.75, 3.05) is 46.0 Å². The van der Waals surface area contributed by atoms with Gasteiger partial charge in [0.2, 0.25) is 10.0 Å². The van der Waals surface area contributed by atoms with E-state index in [1.165, 1.54) is 6.26 Å². The zero-order valence-corrected chi connectivity index (χ0v) is 12.6. The topological polar surface area (TPSA) is 66.6 Å². The Balaban J connectivity index is 2.43. The molecule has 5 nitrogen and oxygen atoms in total. The number of nitrogens with zero attached hydrogens (tertiary/aromatic N) is 2. The molecule has 0 saturated carbocycles. The minimum atomic E-state index is -3.03. The number of hydrogen-bond donors (Lipinski definition) is 1. The van der Waals surface area contributed by atoms with Crippen LogP contribution in [0.15, 0.2) is 0 Å². The molecule has 6 heteroatoms. The zero-order valence-electron chi connectivity index (χ0n) is 11.8. The van der Waals surface area contributed by atoms with E-state index in [1.54, 1.807) is 4.31 Å². The lowest BCUT2D eigenvalue weighted by molar-refractivity contribution is 0.188. The van der Waals surface area contributed by atoms with Crippen LogP contribution in [0.1, 0.15) is 19.8 Å². The van der Waals surface area contributed by atoms with Crippen molar-refractivity contribution in [1.29, 1.82) is 0 Å². The summed E-state index contributed by atoms with van der Waals surface area (Å²) in [6.45, 7) is 6.12. The van der Waals surface area contributed by atoms with Gasteiger partial charge in [-0.2, -0.15) is 0 Å². The van der Waals surface area contributed by atoms with E-state index in [-0.39, 0.29) is 0 Å². The summed E-state index contributed by atoms with van der Waals surface area (Å²) in [5.41, 5.74) is 5.62. The van der Waals surface area contributed by atoms with Gasteiger partial charge in [0.05, 0.1) is 6.26 Å². The number of hydrogen-bond acceptors (Lipinski definition) is 4. The van der Waals surface area contributed by atoms with E-state index in [0.29, 0.717) is 31.5 Å². The summed E-state index contributed by atoms with van der Waals surface area (Å²) in [5, 5.41) is 0. The van der Waals surface area contributed by atoms with Gasteiger partial charge in [0.25, 0.3) is 0 Å². The summed E-state index contributed by atoms with van der Waals surface area (Å²) in [5.74, 6) is 0.938. The van der Waals surface area contributed by atoms with Crippen molar-refractivity contribution in [3.8, 4) is 0 Å². The summed E-state index contributed by atoms with van der Waals surface area (Å²) in [6, 6.07) is 0. The molecular formula is C12H27N3O2S. The highest BCUT2D eigenvalue weighted by molar-refractivity contribution is 7.88. The van der Waals surface area contributed by atoms with Gasteiger partial charge < -0.3 is 10.6 Å². The van der Waals surface area contributed by atoms with Crippen molar-refractivity contribution < 1.29 is 8.42 Å². The zero-order chi connectivity index (χ0) is 13.8. The SMILES string of the molecule is CC(CN)CN(C)CC1CCCN(S(C)(=O)=O)C1. The average Bonchev–Trinajstić information content (AvgIpc) is 2.27. The van der Waals surface area contributed by atoms with Gasteiger partial charge in [-0.3, -0.25) is 0 Å². The van der Waals surface area contributed by atoms with Gasteiger partial charge in [0, 0.05) is 26.2 Å². The van der Waals surface area contributed by atoms with Gasteiger partial charge >= 0.3 is 0 Å². The third-order valence-electron chi connectivity index (χ3n) is 3.55. The minimum Gasteiger partial charge on any atom is -0.330 e. The number of rotatable bonds is 6. The first kappa shape index (κ1) is 15.9. The van der Waals surface area contributed by atoms with Crippen LogP contribution in [0.2, 0.25) is 0 Å². The molecule has 108 valence electrons. The highest BCUT2D eigenvalue weighted by atomic mass is 32.2. The van der Waals surface area contributed by atoms with Gasteiger partial charge in [0.15, 0.2) is 0 Å². The molecule has 0 spiro atoms. The normalized spacial score (nSPS) is 24.4. The standard InChI is InChI=1S/C12H27N3O2S/c1-11(7-13)8-14(2)9-12-5-4-6-15(10-12)18(3,16)17/h11-12H,4-10,13H2,1-3H3. The molecule has 0 aliphatic carbocycles. The van der Waals surface area contributed by atoms with Crippen molar-refractivity contribution in [2.24, 2.45) is 17.6 Å². The molecule has 0 bridgehead atoms. The molecule has 1 fully saturated rings. The highest BCUT2D eigenvalue weighted by Crippen LogP contribution is 2.19. The first-order valence-electron chi connectivity index (χ1n) is 6.66. The summed E-state index contributed by atoms with van der Waals surface area (Å²) >= 11 is 0. The molecule has 0 aromatic rings. The molecule has 1 saturated heterocycles. The molecule has 0 aromatic carbocycles. The van der Waals surface area contributed by atoms with Crippen LogP contribution in [-0.4, -0.2) is 63.7 Å². The van der Waals surface area contributed by atoms with Crippen LogP contribution >= 0.6 is 0 Å². The van der Waals surface area contributed by atoms with Crippen molar-refractivity contribution in [3.05, 3.63) is 0 Å². The fourth-order valence-electron chi connectivity index (χ4n) is 2.60. The van der Waals surface area contributed by atoms with Crippen LogP contribution in [0.4, 0.5) is 0 Å². The predicted octanol–water partition coefficient (Wildman–Crippen LogP) is 0.185. The van der Waals surface area contributed by atoms with E-state index in [9.17, 15) is 8.42 Å². The maximum absolute atomic E-state index is 11.5. The Morgan fingerprint density at radius 3 is 2.72 bits per heavy atom. The molecule has 1 aliphatic heterocycles. The molecule has 18 heavy (non-hydrogen) atoms. The lowest BCUT2D eigenvalue weighted by Gasteiger charge is -2.33. The first-order valence-corrected chi connectivity index (χ1v) is 8.51. The average molecular weight is 277 g/mol. The van der Waals surface area contributed by atoms with Gasteiger partial charge in [-0.25, -0.2) is 12.7 Å². The van der Waals surface area contributed by atoms with Crippen LogP contribution in [-0.2, 0) is 10.0 Å². The first-order chi connectivity index (χ1) is 8.32.